The lowest BCUT2D eigenvalue weighted by Crippen LogP contribution is -2.05. The average Bonchev–Trinajstić information content (AvgIpc) is 1.58. The normalized spacial score (nSPS) is 12.7. The molecule has 0 radical (unpaired) electrons. The van der Waals surface area contributed by atoms with Gasteiger partial charge < -0.3 is 0 Å². The van der Waals surface area contributed by atoms with Crippen LogP contribution in [0.5, 0.6) is 0 Å². The van der Waals surface area contributed by atoms with Crippen LogP contribution in [0.15, 0.2) is 24.3 Å². The monoisotopic (exact) mass is 1580 g/mol. The quantitative estimate of drug-likeness (QED) is 0.0357. The first-order chi connectivity index (χ1) is 53.3. The lowest BCUT2D eigenvalue weighted by Gasteiger charge is -2.17. The number of fused-ring (bicyclic) bond motifs is 4. The molecule has 6 aromatic heterocycles. The van der Waals surface area contributed by atoms with E-state index in [0.717, 1.165) is 28.1 Å². The Hall–Kier alpha value is -2.60. The Balaban J connectivity index is 1.19. The molecule has 2 unspecified atom stereocenters. The summed E-state index contributed by atoms with van der Waals surface area (Å²) >= 11 is 11.7. The van der Waals surface area contributed by atoms with Gasteiger partial charge in [0.05, 0.1) is 9.40 Å². The van der Waals surface area contributed by atoms with Crippen molar-refractivity contribution in [1.29, 1.82) is 0 Å². The molecular weight excluding hydrogens is 1430 g/mol. The van der Waals surface area contributed by atoms with Crippen LogP contribution in [0, 0.1) is 25.7 Å². The predicted molar refractivity (Wildman–Crippen MR) is 494 cm³/mol. The topological polar surface area (TPSA) is 51.6 Å². The van der Waals surface area contributed by atoms with Gasteiger partial charge in [-0.15, -0.1) is 55.5 Å². The Labute approximate surface area is 687 Å². The van der Waals surface area contributed by atoms with Gasteiger partial charge in [-0.25, -0.2) is 0 Å². The number of benzene rings is 2. The van der Waals surface area contributed by atoms with E-state index in [4.69, 9.17) is 10.2 Å². The fourth-order valence-corrected chi connectivity index (χ4v) is 24.6. The highest BCUT2D eigenvalue weighted by Crippen LogP contribution is 2.53. The molecule has 606 valence electrons. The lowest BCUT2D eigenvalue weighted by molar-refractivity contribution is 0.400. The van der Waals surface area contributed by atoms with E-state index in [0.29, 0.717) is 5.92 Å². The molecule has 0 aliphatic rings. The first kappa shape index (κ1) is 90.9. The highest BCUT2D eigenvalue weighted by atomic mass is 32.1. The van der Waals surface area contributed by atoms with Crippen molar-refractivity contribution in [2.75, 3.05) is 0 Å². The zero-order chi connectivity index (χ0) is 75.9. The van der Waals surface area contributed by atoms with Crippen molar-refractivity contribution < 1.29 is 0 Å². The van der Waals surface area contributed by atoms with Crippen molar-refractivity contribution in [3.05, 3.63) is 57.0 Å². The largest absolute Gasteiger partial charge is 0.139 e. The maximum absolute atomic E-state index is 4.98. The molecule has 0 fully saturated rings. The van der Waals surface area contributed by atoms with Crippen LogP contribution < -0.4 is 0 Å². The molecule has 108 heavy (non-hydrogen) atoms. The van der Waals surface area contributed by atoms with Crippen LogP contribution in [0.2, 0.25) is 0 Å². The van der Waals surface area contributed by atoms with E-state index in [1.165, 1.54) is 451 Å². The number of nitrogens with zero attached hydrogens (tertiary/aromatic N) is 4. The molecule has 0 saturated carbocycles. The maximum Gasteiger partial charge on any atom is 0.116 e. The smallest absolute Gasteiger partial charge is 0.116 e. The van der Waals surface area contributed by atoms with E-state index in [9.17, 15) is 0 Å². The third-order valence-electron chi connectivity index (χ3n) is 24.7. The molecular formula is C98H158N4S6. The second-order valence-corrected chi connectivity index (χ2v) is 40.1. The SMILES string of the molecule is CCCCCCCCCCCCc1c2cc(-c3sc(-c4c5nnsc5c(C)c5nnsc45)cc3CC(CCCCCCCCCC)CCCCCCCCCCCC)sc2c(CCCCCCCCCCCC)c2cc(-c3sc(C)cc3CC(CCCCCCCCCC)CCCCCCCCCCCC)sc12. The molecule has 0 bridgehead atoms. The molecule has 0 aliphatic heterocycles. The number of hydrogen-bond donors (Lipinski definition) is 0. The van der Waals surface area contributed by atoms with Crippen LogP contribution in [0.3, 0.4) is 0 Å². The van der Waals surface area contributed by atoms with E-state index >= 15 is 0 Å². The fraction of sp³-hybridized carbons (Fsp3) is 0.755. The molecule has 0 amide bonds. The molecule has 0 saturated heterocycles. The van der Waals surface area contributed by atoms with Gasteiger partial charge in [-0.2, -0.15) is 0 Å². The summed E-state index contributed by atoms with van der Waals surface area (Å²) in [4.78, 5) is 9.04. The summed E-state index contributed by atoms with van der Waals surface area (Å²) in [6.07, 6.45) is 88.1. The average molecular weight is 1580 g/mol. The molecule has 2 aromatic carbocycles. The zero-order valence-corrected chi connectivity index (χ0v) is 75.9. The van der Waals surface area contributed by atoms with E-state index in [2.05, 4.69) is 134 Å². The number of aryl methyl sites for hydroxylation is 4. The first-order valence-corrected chi connectivity index (χ1v) is 51.7. The summed E-state index contributed by atoms with van der Waals surface area (Å²) in [7, 11) is 0. The minimum absolute atomic E-state index is 0.673. The van der Waals surface area contributed by atoms with Crippen LogP contribution in [-0.2, 0) is 25.7 Å². The van der Waals surface area contributed by atoms with Crippen molar-refractivity contribution in [2.24, 2.45) is 11.8 Å². The van der Waals surface area contributed by atoms with Crippen molar-refractivity contribution in [2.45, 2.75) is 466 Å². The molecule has 4 nitrogen and oxygen atoms in total. The van der Waals surface area contributed by atoms with Gasteiger partial charge in [0.25, 0.3) is 0 Å². The van der Waals surface area contributed by atoms with Gasteiger partial charge in [0.1, 0.15) is 11.0 Å². The lowest BCUT2D eigenvalue weighted by atomic mass is 9.88. The standard InChI is InChI=1S/C98H158N4S6/c1-9-15-21-27-33-39-43-49-55-60-66-79(65-59-53-47-37-31-25-19-13-5)72-81-71-77(7)103-94(81)88-75-85-83(69-63-57-51-45-41-35-29-23-17-11-3)97-86(84(96(85)105-88)70-64-58-52-46-42-36-30-24-18-12-4)76-89(106-97)95-82(74-87(104-95)90-92-93(107-102-100-92)78(8)91-98(90)108-101-99-91)73-80(67-61-54-48-38-32-26-20-14-6)68-62-56-50-44-40-34-28-22-16-10-2/h71,74-76,79-80H,9-70,72-73H2,1-8H3. The first-order valence-electron chi connectivity index (χ1n) is 46.9. The molecule has 8 aromatic rings. The highest BCUT2D eigenvalue weighted by Gasteiger charge is 2.28. The fourth-order valence-electron chi connectivity index (χ4n) is 18.0. The van der Waals surface area contributed by atoms with Gasteiger partial charge >= 0.3 is 0 Å². The van der Waals surface area contributed by atoms with E-state index in [1.54, 1.807) is 63.7 Å². The van der Waals surface area contributed by atoms with Crippen molar-refractivity contribution in [3.8, 4) is 29.9 Å². The molecule has 10 heteroatoms. The van der Waals surface area contributed by atoms with Gasteiger partial charge in [-0.1, -0.05) is 423 Å². The van der Waals surface area contributed by atoms with Gasteiger partial charge in [0, 0.05) is 44.2 Å². The summed E-state index contributed by atoms with van der Waals surface area (Å²) in [6, 6.07) is 10.9. The summed E-state index contributed by atoms with van der Waals surface area (Å²) in [5.41, 5.74) is 11.1. The third kappa shape index (κ3) is 31.5. The molecule has 2 atom stereocenters. The number of hydrogen-bond acceptors (Lipinski definition) is 10. The molecule has 0 aliphatic carbocycles. The number of thiophene rings is 4. The number of rotatable bonds is 69. The van der Waals surface area contributed by atoms with Gasteiger partial charge in [-0.05, 0) is 150 Å². The van der Waals surface area contributed by atoms with Crippen LogP contribution in [0.25, 0.3) is 70.6 Å². The van der Waals surface area contributed by atoms with Crippen LogP contribution >= 0.6 is 68.4 Å². The Bertz CT molecular complexity index is 3450. The number of unbranched alkanes of at least 4 members (excludes halogenated alkanes) is 50. The van der Waals surface area contributed by atoms with E-state index in [-0.39, 0.29) is 0 Å². The summed E-state index contributed by atoms with van der Waals surface area (Å²) in [5.74, 6) is 1.44. The van der Waals surface area contributed by atoms with E-state index < -0.39 is 0 Å². The second kappa shape index (κ2) is 55.8. The second-order valence-electron chi connectivity index (χ2n) is 34.2. The highest BCUT2D eigenvalue weighted by molar-refractivity contribution is 7.28. The predicted octanol–water partition coefficient (Wildman–Crippen LogP) is 36.8. The Morgan fingerprint density at radius 3 is 0.926 bits per heavy atom. The van der Waals surface area contributed by atoms with Gasteiger partial charge in [-0.3, -0.25) is 0 Å². The molecule has 0 spiro atoms. The summed E-state index contributed by atoms with van der Waals surface area (Å²) < 4.78 is 14.9. The minimum Gasteiger partial charge on any atom is -0.139 e. The zero-order valence-electron chi connectivity index (χ0n) is 71.0. The van der Waals surface area contributed by atoms with Gasteiger partial charge in [0.2, 0.25) is 0 Å². The Morgan fingerprint density at radius 1 is 0.278 bits per heavy atom. The van der Waals surface area contributed by atoms with Crippen LogP contribution in [-0.4, -0.2) is 19.2 Å². The maximum atomic E-state index is 4.98. The molecule has 0 N–H and O–H groups in total. The van der Waals surface area contributed by atoms with Crippen molar-refractivity contribution in [1.82, 2.24) is 19.2 Å². The third-order valence-corrected chi connectivity index (χ3v) is 31.3. The summed E-state index contributed by atoms with van der Waals surface area (Å²) in [5, 5.41) is 13.0. The number of aromatic nitrogens is 4. The van der Waals surface area contributed by atoms with Crippen molar-refractivity contribution in [3.63, 3.8) is 0 Å². The van der Waals surface area contributed by atoms with Crippen LogP contribution in [0.4, 0.5) is 0 Å². The van der Waals surface area contributed by atoms with E-state index in [1.807, 2.05) is 0 Å². The van der Waals surface area contributed by atoms with Crippen LogP contribution in [0.1, 0.15) is 459 Å². The van der Waals surface area contributed by atoms with Gasteiger partial charge in [0.15, 0.2) is 0 Å². The van der Waals surface area contributed by atoms with Crippen molar-refractivity contribution >= 4 is 109 Å². The Morgan fingerprint density at radius 2 is 0.574 bits per heavy atom. The molecule has 8 rings (SSSR count). The Kier molecular flexibility index (Phi) is 47.0. The molecule has 6 heterocycles. The summed E-state index contributed by atoms with van der Waals surface area (Å²) in [6.45, 7) is 18.7. The minimum atomic E-state index is 0.673.